The molecule has 1 fully saturated rings. The van der Waals surface area contributed by atoms with Gasteiger partial charge in [-0.15, -0.1) is 0 Å². The molecule has 1 aliphatic carbocycles. The molecule has 6 rings (SSSR count). The Morgan fingerprint density at radius 3 is 2.39 bits per heavy atom. The minimum Gasteiger partial charge on any atom is -0.326 e. The zero-order valence-electron chi connectivity index (χ0n) is 20.0. The third kappa shape index (κ3) is 3.88. The summed E-state index contributed by atoms with van der Waals surface area (Å²) in [5.74, 6) is -0.948. The first-order valence-corrected chi connectivity index (χ1v) is 12.2. The normalized spacial score (nSPS) is 16.3. The van der Waals surface area contributed by atoms with E-state index >= 15 is 0 Å². The molecular weight excluding hydrogens is 453 g/mol. The zero-order chi connectivity index (χ0) is 24.8. The Morgan fingerprint density at radius 2 is 1.67 bits per heavy atom. The van der Waals surface area contributed by atoms with Crippen LogP contribution in [0.25, 0.3) is 5.69 Å². The Balaban J connectivity index is 1.41. The first kappa shape index (κ1) is 22.3. The molecule has 1 unspecified atom stereocenters. The van der Waals surface area contributed by atoms with Crippen LogP contribution >= 0.6 is 0 Å². The highest BCUT2D eigenvalue weighted by Gasteiger charge is 2.40. The largest absolute Gasteiger partial charge is 0.326 e. The number of nitrogens with zero attached hydrogens (tertiary/aromatic N) is 3. The van der Waals surface area contributed by atoms with Gasteiger partial charge >= 0.3 is 0 Å². The number of amides is 2. The first-order valence-electron chi connectivity index (χ1n) is 12.2. The summed E-state index contributed by atoms with van der Waals surface area (Å²) in [6, 6.07) is 25.4. The van der Waals surface area contributed by atoms with E-state index in [2.05, 4.69) is 28.8 Å². The zero-order valence-corrected chi connectivity index (χ0v) is 20.0. The topological polar surface area (TPSA) is 45.6 Å². The summed E-state index contributed by atoms with van der Waals surface area (Å²) in [6.45, 7) is 1.97. The van der Waals surface area contributed by atoms with E-state index in [9.17, 15) is 14.0 Å². The van der Waals surface area contributed by atoms with E-state index in [1.807, 2.05) is 54.4 Å². The van der Waals surface area contributed by atoms with Gasteiger partial charge in [-0.3, -0.25) is 14.5 Å². The van der Waals surface area contributed by atoms with Crippen LogP contribution in [-0.4, -0.2) is 33.9 Å². The molecule has 1 atom stereocenters. The maximum absolute atomic E-state index is 14.1. The van der Waals surface area contributed by atoms with Gasteiger partial charge < -0.3 is 9.47 Å². The molecule has 0 spiro atoms. The van der Waals surface area contributed by atoms with Gasteiger partial charge in [-0.2, -0.15) is 0 Å². The molecule has 2 aliphatic rings. The molecule has 0 bridgehead atoms. The van der Waals surface area contributed by atoms with Gasteiger partial charge in [0.25, 0.3) is 5.91 Å². The Labute approximate surface area is 209 Å². The van der Waals surface area contributed by atoms with E-state index in [4.69, 9.17) is 0 Å². The lowest BCUT2D eigenvalue weighted by Gasteiger charge is -2.39. The van der Waals surface area contributed by atoms with Crippen molar-refractivity contribution in [3.05, 3.63) is 119 Å². The summed E-state index contributed by atoms with van der Waals surface area (Å²) >= 11 is 0. The highest BCUT2D eigenvalue weighted by atomic mass is 19.1. The molecule has 3 aromatic carbocycles. The van der Waals surface area contributed by atoms with Crippen molar-refractivity contribution in [1.29, 1.82) is 0 Å². The van der Waals surface area contributed by atoms with Gasteiger partial charge in [0.05, 0.1) is 17.1 Å². The van der Waals surface area contributed by atoms with Crippen LogP contribution in [0.1, 0.15) is 46.1 Å². The Hall–Kier alpha value is -4.19. The van der Waals surface area contributed by atoms with E-state index in [0.29, 0.717) is 0 Å². The van der Waals surface area contributed by atoms with Crippen molar-refractivity contribution in [2.24, 2.45) is 0 Å². The second-order valence-corrected chi connectivity index (χ2v) is 9.54. The molecule has 36 heavy (non-hydrogen) atoms. The predicted molar refractivity (Wildman–Crippen MR) is 137 cm³/mol. The molecule has 5 nitrogen and oxygen atoms in total. The van der Waals surface area contributed by atoms with Crippen LogP contribution in [0.3, 0.4) is 0 Å². The molecule has 4 aromatic rings. The van der Waals surface area contributed by atoms with Crippen molar-refractivity contribution < 1.29 is 14.0 Å². The van der Waals surface area contributed by atoms with E-state index in [0.717, 1.165) is 41.0 Å². The number of benzene rings is 3. The highest BCUT2D eigenvalue weighted by molar-refractivity contribution is 6.03. The molecule has 0 N–H and O–H groups in total. The Morgan fingerprint density at radius 1 is 0.917 bits per heavy atom. The van der Waals surface area contributed by atoms with Crippen molar-refractivity contribution in [3.63, 3.8) is 0 Å². The maximum atomic E-state index is 14.1. The first-order chi connectivity index (χ1) is 17.5. The van der Waals surface area contributed by atoms with E-state index in [-0.39, 0.29) is 36.0 Å². The van der Waals surface area contributed by atoms with Gasteiger partial charge in [-0.05, 0) is 67.8 Å². The van der Waals surface area contributed by atoms with Crippen LogP contribution in [0.2, 0.25) is 0 Å². The molecule has 1 aromatic heterocycles. The third-order valence-corrected chi connectivity index (χ3v) is 7.01. The van der Waals surface area contributed by atoms with Crippen LogP contribution in [0.15, 0.2) is 91.1 Å². The second-order valence-electron chi connectivity index (χ2n) is 9.54. The molecule has 0 saturated heterocycles. The minimum absolute atomic E-state index is 0.00793. The van der Waals surface area contributed by atoms with Crippen molar-refractivity contribution in [3.8, 4) is 5.69 Å². The fourth-order valence-electron chi connectivity index (χ4n) is 5.09. The lowest BCUT2D eigenvalue weighted by Crippen LogP contribution is -2.47. The number of carbonyl (C=O) groups is 2. The fourth-order valence-corrected chi connectivity index (χ4v) is 5.09. The summed E-state index contributed by atoms with van der Waals surface area (Å²) in [5.41, 5.74) is 5.11. The number of hydrogen-bond acceptors (Lipinski definition) is 2. The molecule has 6 heteroatoms. The molecule has 0 radical (unpaired) electrons. The van der Waals surface area contributed by atoms with Gasteiger partial charge in [-0.1, -0.05) is 48.0 Å². The van der Waals surface area contributed by atoms with E-state index in [1.165, 1.54) is 18.2 Å². The average molecular weight is 480 g/mol. The van der Waals surface area contributed by atoms with Crippen LogP contribution in [-0.2, 0) is 4.79 Å². The monoisotopic (exact) mass is 479 g/mol. The van der Waals surface area contributed by atoms with Crippen molar-refractivity contribution in [1.82, 2.24) is 9.47 Å². The van der Waals surface area contributed by atoms with Gasteiger partial charge in [-0.25, -0.2) is 4.39 Å². The quantitative estimate of drug-likeness (QED) is 0.371. The van der Waals surface area contributed by atoms with Gasteiger partial charge in [0.1, 0.15) is 18.4 Å². The predicted octanol–water partition coefficient (Wildman–Crippen LogP) is 5.67. The van der Waals surface area contributed by atoms with Crippen LogP contribution in [0, 0.1) is 12.7 Å². The second kappa shape index (κ2) is 8.79. The molecule has 2 amide bonds. The molecule has 2 heterocycles. The smallest absolute Gasteiger partial charge is 0.254 e. The van der Waals surface area contributed by atoms with Crippen molar-refractivity contribution in [2.45, 2.75) is 31.8 Å². The number of halogens is 1. The fraction of sp³-hybridized carbons (Fsp3) is 0.200. The van der Waals surface area contributed by atoms with Gasteiger partial charge in [0.15, 0.2) is 0 Å². The number of anilines is 1. The van der Waals surface area contributed by atoms with E-state index < -0.39 is 5.82 Å². The molecule has 1 aliphatic heterocycles. The highest BCUT2D eigenvalue weighted by Crippen LogP contribution is 2.42. The van der Waals surface area contributed by atoms with Gasteiger partial charge in [0.2, 0.25) is 5.91 Å². The van der Waals surface area contributed by atoms with Gasteiger partial charge in [0, 0.05) is 17.8 Å². The summed E-state index contributed by atoms with van der Waals surface area (Å²) < 4.78 is 16.0. The van der Waals surface area contributed by atoms with Crippen molar-refractivity contribution >= 4 is 17.5 Å². The molecule has 1 saturated carbocycles. The number of carbonyl (C=O) groups excluding carboxylic acids is 2. The van der Waals surface area contributed by atoms with Crippen molar-refractivity contribution in [2.75, 3.05) is 11.4 Å². The number of aryl methyl sites for hydroxylation is 1. The summed E-state index contributed by atoms with van der Waals surface area (Å²) in [5, 5.41) is 0. The number of rotatable bonds is 5. The summed E-state index contributed by atoms with van der Waals surface area (Å²) in [6.07, 6.45) is 3.70. The average Bonchev–Trinajstić information content (AvgIpc) is 3.61. The standard InChI is InChI=1S/C30H26FN3O2/c1-20-11-13-21(14-12-20)29-27-10-5-17-32(27)25-8-2-3-9-26(25)34(29)28(35)19-33(24-15-16-24)30(36)22-6-4-7-23(31)18-22/h2-14,17-18,24,29H,15-16,19H2,1H3. The number of aromatic nitrogens is 1. The van der Waals surface area contributed by atoms with Crippen LogP contribution < -0.4 is 4.90 Å². The van der Waals surface area contributed by atoms with Crippen LogP contribution in [0.4, 0.5) is 10.1 Å². The molecular formula is C30H26FN3O2. The third-order valence-electron chi connectivity index (χ3n) is 7.01. The van der Waals surface area contributed by atoms with E-state index in [1.54, 1.807) is 11.0 Å². The number of para-hydroxylation sites is 2. The maximum Gasteiger partial charge on any atom is 0.254 e. The van der Waals surface area contributed by atoms with Crippen LogP contribution in [0.5, 0.6) is 0 Å². The minimum atomic E-state index is -0.465. The lowest BCUT2D eigenvalue weighted by molar-refractivity contribution is -0.119. The summed E-state index contributed by atoms with van der Waals surface area (Å²) in [4.78, 5) is 30.9. The number of fused-ring (bicyclic) bond motifs is 3. The Bertz CT molecular complexity index is 1460. The summed E-state index contributed by atoms with van der Waals surface area (Å²) in [7, 11) is 0. The Kier molecular flexibility index (Phi) is 5.44. The molecule has 180 valence electrons. The lowest BCUT2D eigenvalue weighted by atomic mass is 9.97. The SMILES string of the molecule is Cc1ccc(C2c3cccn3-c3ccccc3N2C(=O)CN(C(=O)c2cccc(F)c2)C2CC2)cc1. The number of hydrogen-bond donors (Lipinski definition) is 0.